The average Bonchev–Trinajstić information content (AvgIpc) is 2.10. The summed E-state index contributed by atoms with van der Waals surface area (Å²) in [5.74, 6) is -0.0540. The van der Waals surface area contributed by atoms with Gasteiger partial charge >= 0.3 is 0 Å². The topological polar surface area (TPSA) is 32.3 Å². The number of nitrogens with one attached hydrogen (secondary N) is 1. The summed E-state index contributed by atoms with van der Waals surface area (Å²) in [5, 5.41) is 13.1. The highest BCUT2D eigenvalue weighted by Gasteiger charge is 2.06. The Balaban J connectivity index is 2.79. The smallest absolute Gasteiger partial charge is 0.152 e. The molecule has 0 atom stereocenters. The Labute approximate surface area is 93.8 Å². The van der Waals surface area contributed by atoms with Crippen molar-refractivity contribution in [2.45, 2.75) is 26.4 Å². The van der Waals surface area contributed by atoms with Gasteiger partial charge in [-0.1, -0.05) is 37.0 Å². The van der Waals surface area contributed by atoms with Crippen LogP contribution in [0.2, 0.25) is 10.0 Å². The molecule has 0 spiro atoms. The Hall–Kier alpha value is -0.440. The third-order valence-electron chi connectivity index (χ3n) is 1.79. The normalized spacial score (nSPS) is 10.9. The zero-order valence-corrected chi connectivity index (χ0v) is 9.65. The van der Waals surface area contributed by atoms with Gasteiger partial charge in [0.15, 0.2) is 5.75 Å². The molecule has 0 aliphatic rings. The van der Waals surface area contributed by atoms with E-state index in [1.807, 2.05) is 0 Å². The van der Waals surface area contributed by atoms with Crippen molar-refractivity contribution in [1.29, 1.82) is 0 Å². The fraction of sp³-hybridized carbons (Fsp3) is 0.400. The first-order valence-corrected chi connectivity index (χ1v) is 5.16. The van der Waals surface area contributed by atoms with Gasteiger partial charge in [0.25, 0.3) is 0 Å². The fourth-order valence-electron chi connectivity index (χ4n) is 1.04. The van der Waals surface area contributed by atoms with E-state index in [1.165, 1.54) is 0 Å². The summed E-state index contributed by atoms with van der Waals surface area (Å²) < 4.78 is 0. The summed E-state index contributed by atoms with van der Waals surface area (Å²) >= 11 is 11.5. The highest BCUT2D eigenvalue weighted by atomic mass is 35.5. The standard InChI is InChI=1S/C10H13Cl2NO/c1-6(2)13-5-7-3-8(11)10(14)9(12)4-7/h3-4,6,13-14H,5H2,1-2H3. The van der Waals surface area contributed by atoms with Crippen molar-refractivity contribution < 1.29 is 5.11 Å². The molecule has 0 saturated heterocycles. The predicted molar refractivity (Wildman–Crippen MR) is 60.1 cm³/mol. The van der Waals surface area contributed by atoms with Crippen molar-refractivity contribution >= 4 is 23.2 Å². The van der Waals surface area contributed by atoms with E-state index < -0.39 is 0 Å². The lowest BCUT2D eigenvalue weighted by molar-refractivity contribution is 0.475. The molecule has 0 bridgehead atoms. The second-order valence-corrected chi connectivity index (χ2v) is 4.26. The molecule has 0 radical (unpaired) electrons. The summed E-state index contributed by atoms with van der Waals surface area (Å²) in [6.45, 7) is 4.81. The van der Waals surface area contributed by atoms with Crippen LogP contribution in [0.4, 0.5) is 0 Å². The molecule has 0 aromatic heterocycles. The molecular formula is C10H13Cl2NO. The van der Waals surface area contributed by atoms with E-state index in [2.05, 4.69) is 19.2 Å². The van der Waals surface area contributed by atoms with Crippen LogP contribution in [0.25, 0.3) is 0 Å². The van der Waals surface area contributed by atoms with E-state index in [9.17, 15) is 5.11 Å². The number of rotatable bonds is 3. The molecule has 2 nitrogen and oxygen atoms in total. The van der Waals surface area contributed by atoms with Crippen molar-refractivity contribution in [3.63, 3.8) is 0 Å². The molecule has 1 rings (SSSR count). The lowest BCUT2D eigenvalue weighted by Gasteiger charge is -2.09. The van der Waals surface area contributed by atoms with Crippen LogP contribution in [-0.4, -0.2) is 11.1 Å². The van der Waals surface area contributed by atoms with Gasteiger partial charge in [-0.25, -0.2) is 0 Å². The molecule has 0 unspecified atom stereocenters. The maximum absolute atomic E-state index is 9.32. The average molecular weight is 234 g/mol. The summed E-state index contributed by atoms with van der Waals surface area (Å²) in [4.78, 5) is 0. The van der Waals surface area contributed by atoms with E-state index >= 15 is 0 Å². The highest BCUT2D eigenvalue weighted by molar-refractivity contribution is 6.37. The molecule has 0 amide bonds. The Morgan fingerprint density at radius 1 is 1.29 bits per heavy atom. The zero-order valence-electron chi connectivity index (χ0n) is 8.14. The van der Waals surface area contributed by atoms with Crippen molar-refractivity contribution in [1.82, 2.24) is 5.32 Å². The van der Waals surface area contributed by atoms with Gasteiger partial charge in [0.2, 0.25) is 0 Å². The van der Waals surface area contributed by atoms with Crippen LogP contribution < -0.4 is 5.32 Å². The maximum atomic E-state index is 9.32. The lowest BCUT2D eigenvalue weighted by atomic mass is 10.2. The third-order valence-corrected chi connectivity index (χ3v) is 2.37. The van der Waals surface area contributed by atoms with Crippen LogP contribution in [0.5, 0.6) is 5.75 Å². The van der Waals surface area contributed by atoms with Crippen LogP contribution in [0.15, 0.2) is 12.1 Å². The second kappa shape index (κ2) is 4.87. The van der Waals surface area contributed by atoms with Gasteiger partial charge in [0.1, 0.15) is 0 Å². The molecule has 0 aliphatic heterocycles. The van der Waals surface area contributed by atoms with Gasteiger partial charge in [-0.2, -0.15) is 0 Å². The number of hydrogen-bond donors (Lipinski definition) is 2. The molecule has 78 valence electrons. The Morgan fingerprint density at radius 3 is 2.21 bits per heavy atom. The minimum Gasteiger partial charge on any atom is -0.505 e. The zero-order chi connectivity index (χ0) is 10.7. The molecule has 1 aromatic rings. The fourth-order valence-corrected chi connectivity index (χ4v) is 1.57. The largest absolute Gasteiger partial charge is 0.505 e. The first-order chi connectivity index (χ1) is 6.50. The number of aromatic hydroxyl groups is 1. The quantitative estimate of drug-likeness (QED) is 0.841. The van der Waals surface area contributed by atoms with Crippen LogP contribution in [0, 0.1) is 0 Å². The van der Waals surface area contributed by atoms with Crippen molar-refractivity contribution in [3.05, 3.63) is 27.7 Å². The van der Waals surface area contributed by atoms with Crippen LogP contribution in [-0.2, 0) is 6.54 Å². The molecule has 2 N–H and O–H groups in total. The van der Waals surface area contributed by atoms with Gasteiger partial charge in [0, 0.05) is 12.6 Å². The van der Waals surface area contributed by atoms with Crippen molar-refractivity contribution in [2.24, 2.45) is 0 Å². The predicted octanol–water partition coefficient (Wildman–Crippen LogP) is 3.20. The maximum Gasteiger partial charge on any atom is 0.152 e. The van der Waals surface area contributed by atoms with Gasteiger partial charge in [0.05, 0.1) is 10.0 Å². The van der Waals surface area contributed by atoms with Gasteiger partial charge in [-0.3, -0.25) is 0 Å². The van der Waals surface area contributed by atoms with Gasteiger partial charge in [-0.05, 0) is 17.7 Å². The van der Waals surface area contributed by atoms with Gasteiger partial charge < -0.3 is 10.4 Å². The number of benzene rings is 1. The van der Waals surface area contributed by atoms with Crippen LogP contribution in [0.1, 0.15) is 19.4 Å². The number of hydrogen-bond acceptors (Lipinski definition) is 2. The first-order valence-electron chi connectivity index (χ1n) is 4.41. The summed E-state index contributed by atoms with van der Waals surface area (Å²) in [7, 11) is 0. The first kappa shape index (κ1) is 11.6. The van der Waals surface area contributed by atoms with Gasteiger partial charge in [-0.15, -0.1) is 0 Å². The minimum atomic E-state index is -0.0540. The molecule has 0 aliphatic carbocycles. The molecular weight excluding hydrogens is 221 g/mol. The molecule has 0 heterocycles. The summed E-state index contributed by atoms with van der Waals surface area (Å²) in [5.41, 5.74) is 0.964. The molecule has 4 heteroatoms. The Bertz CT molecular complexity index is 303. The minimum absolute atomic E-state index is 0.0540. The van der Waals surface area contributed by atoms with E-state index in [4.69, 9.17) is 23.2 Å². The van der Waals surface area contributed by atoms with Crippen LogP contribution in [0.3, 0.4) is 0 Å². The third kappa shape index (κ3) is 3.05. The number of halogens is 2. The van der Waals surface area contributed by atoms with Crippen molar-refractivity contribution in [2.75, 3.05) is 0 Å². The number of phenols is 1. The van der Waals surface area contributed by atoms with E-state index in [-0.39, 0.29) is 15.8 Å². The second-order valence-electron chi connectivity index (χ2n) is 3.44. The van der Waals surface area contributed by atoms with E-state index in [0.717, 1.165) is 5.56 Å². The monoisotopic (exact) mass is 233 g/mol. The summed E-state index contributed by atoms with van der Waals surface area (Å²) in [6.07, 6.45) is 0. The number of phenolic OH excluding ortho intramolecular Hbond substituents is 1. The van der Waals surface area contributed by atoms with Crippen molar-refractivity contribution in [3.8, 4) is 5.75 Å². The van der Waals surface area contributed by atoms with E-state index in [1.54, 1.807) is 12.1 Å². The van der Waals surface area contributed by atoms with Crippen LogP contribution >= 0.6 is 23.2 Å². The molecule has 14 heavy (non-hydrogen) atoms. The molecule has 0 fully saturated rings. The summed E-state index contributed by atoms with van der Waals surface area (Å²) in [6, 6.07) is 3.82. The Morgan fingerprint density at radius 2 is 1.79 bits per heavy atom. The molecule has 1 aromatic carbocycles. The Kier molecular flexibility index (Phi) is 4.05. The molecule has 0 saturated carbocycles. The van der Waals surface area contributed by atoms with E-state index in [0.29, 0.717) is 12.6 Å². The SMILES string of the molecule is CC(C)NCc1cc(Cl)c(O)c(Cl)c1. The highest BCUT2D eigenvalue weighted by Crippen LogP contribution is 2.32. The lowest BCUT2D eigenvalue weighted by Crippen LogP contribution is -2.21.